The summed E-state index contributed by atoms with van der Waals surface area (Å²) in [5.74, 6) is -1.98. The van der Waals surface area contributed by atoms with Crippen LogP contribution in [0.15, 0.2) is 42.5 Å². The van der Waals surface area contributed by atoms with Gasteiger partial charge in [0.05, 0.1) is 11.6 Å². The van der Waals surface area contributed by atoms with Gasteiger partial charge in [0.15, 0.2) is 0 Å². The van der Waals surface area contributed by atoms with Gasteiger partial charge in [-0.25, -0.2) is 0 Å². The van der Waals surface area contributed by atoms with Crippen LogP contribution in [-0.4, -0.2) is 17.0 Å². The normalized spacial score (nSPS) is 11.8. The van der Waals surface area contributed by atoms with Crippen LogP contribution in [0.3, 0.4) is 0 Å². The summed E-state index contributed by atoms with van der Waals surface area (Å²) in [5.41, 5.74) is 3.84. The van der Waals surface area contributed by atoms with Gasteiger partial charge in [-0.2, -0.15) is 0 Å². The number of anilines is 1. The lowest BCUT2D eigenvalue weighted by atomic mass is 9.94. The minimum Gasteiger partial charge on any atom is -0.481 e. The quantitative estimate of drug-likeness (QED) is 0.667. The zero-order valence-electron chi connectivity index (χ0n) is 13.7. The lowest BCUT2D eigenvalue weighted by molar-refractivity contribution is -0.143. The van der Waals surface area contributed by atoms with E-state index in [1.165, 1.54) is 0 Å². The van der Waals surface area contributed by atoms with E-state index in [9.17, 15) is 14.7 Å². The molecule has 2 aromatic carbocycles. The minimum atomic E-state index is -0.952. The van der Waals surface area contributed by atoms with Gasteiger partial charge in [0.1, 0.15) is 0 Å². The highest BCUT2D eigenvalue weighted by Crippen LogP contribution is 2.20. The molecule has 0 heterocycles. The average Bonchev–Trinajstić information content (AvgIpc) is 2.48. The number of aryl methyl sites for hydroxylation is 2. The van der Waals surface area contributed by atoms with E-state index in [1.54, 1.807) is 6.07 Å². The Labute approximate surface area is 155 Å². The molecule has 0 aromatic heterocycles. The molecule has 0 spiro atoms. The predicted molar refractivity (Wildman–Crippen MR) is 103 cm³/mol. The van der Waals surface area contributed by atoms with Crippen molar-refractivity contribution < 1.29 is 14.7 Å². The molecule has 0 aliphatic carbocycles. The van der Waals surface area contributed by atoms with Crippen molar-refractivity contribution >= 4 is 40.2 Å². The Morgan fingerprint density at radius 1 is 1.12 bits per heavy atom. The predicted octanol–water partition coefficient (Wildman–Crippen LogP) is 4.18. The van der Waals surface area contributed by atoms with Gasteiger partial charge < -0.3 is 10.4 Å². The standard InChI is InChI=1S/C19H20INO3/c1-12-7-13(2)9-14(8-12)10-15(19(23)24)11-18(22)21-17-6-4-3-5-16(17)20/h3-9,15H,10-11H2,1-2H3,(H,21,22)(H,23,24)/t15-/m1/s1. The van der Waals surface area contributed by atoms with E-state index in [0.717, 1.165) is 20.3 Å². The smallest absolute Gasteiger partial charge is 0.307 e. The third-order valence-corrected chi connectivity index (χ3v) is 4.63. The molecule has 0 bridgehead atoms. The van der Waals surface area contributed by atoms with Crippen molar-refractivity contribution in [1.29, 1.82) is 0 Å². The minimum absolute atomic E-state index is 0.0483. The monoisotopic (exact) mass is 437 g/mol. The average molecular weight is 437 g/mol. The van der Waals surface area contributed by atoms with E-state index < -0.39 is 11.9 Å². The summed E-state index contributed by atoms with van der Waals surface area (Å²) in [5, 5.41) is 12.3. The Balaban J connectivity index is 2.07. The molecule has 4 nitrogen and oxygen atoms in total. The Hall–Kier alpha value is -1.89. The lowest BCUT2D eigenvalue weighted by Gasteiger charge is -2.14. The van der Waals surface area contributed by atoms with Gasteiger partial charge >= 0.3 is 5.97 Å². The summed E-state index contributed by atoms with van der Waals surface area (Å²) in [6.45, 7) is 3.96. The highest BCUT2D eigenvalue weighted by molar-refractivity contribution is 14.1. The first kappa shape index (κ1) is 18.4. The van der Waals surface area contributed by atoms with Crippen LogP contribution in [0.2, 0.25) is 0 Å². The van der Waals surface area contributed by atoms with Crippen molar-refractivity contribution in [1.82, 2.24) is 0 Å². The molecule has 0 aliphatic heterocycles. The molecule has 0 saturated carbocycles. The Morgan fingerprint density at radius 3 is 2.33 bits per heavy atom. The second-order valence-electron chi connectivity index (χ2n) is 5.97. The van der Waals surface area contributed by atoms with Crippen LogP contribution in [0.1, 0.15) is 23.1 Å². The highest BCUT2D eigenvalue weighted by Gasteiger charge is 2.22. The number of carboxylic acids is 1. The number of carbonyl (C=O) groups excluding carboxylic acids is 1. The fraction of sp³-hybridized carbons (Fsp3) is 0.263. The van der Waals surface area contributed by atoms with Gasteiger partial charge in [-0.1, -0.05) is 41.5 Å². The number of amides is 1. The van der Waals surface area contributed by atoms with Gasteiger partial charge in [0.2, 0.25) is 5.91 Å². The molecule has 0 radical (unpaired) electrons. The van der Waals surface area contributed by atoms with Crippen LogP contribution in [-0.2, 0) is 16.0 Å². The molecule has 126 valence electrons. The zero-order chi connectivity index (χ0) is 17.7. The van der Waals surface area contributed by atoms with Crippen molar-refractivity contribution in [3.05, 3.63) is 62.7 Å². The van der Waals surface area contributed by atoms with Crippen molar-refractivity contribution in [2.24, 2.45) is 5.92 Å². The third-order valence-electron chi connectivity index (χ3n) is 3.69. The molecular weight excluding hydrogens is 417 g/mol. The number of para-hydroxylation sites is 1. The lowest BCUT2D eigenvalue weighted by Crippen LogP contribution is -2.24. The molecule has 2 N–H and O–H groups in total. The summed E-state index contributed by atoms with van der Waals surface area (Å²) in [6, 6.07) is 13.4. The first-order valence-corrected chi connectivity index (χ1v) is 8.77. The van der Waals surface area contributed by atoms with E-state index in [0.29, 0.717) is 12.1 Å². The Kier molecular flexibility index (Phi) is 6.36. The number of hydrogen-bond donors (Lipinski definition) is 2. The Bertz CT molecular complexity index is 738. The SMILES string of the molecule is Cc1cc(C)cc(C[C@H](CC(=O)Nc2ccccc2I)C(=O)O)c1. The summed E-state index contributed by atoms with van der Waals surface area (Å²) < 4.78 is 0.921. The maximum atomic E-state index is 12.2. The van der Waals surface area contributed by atoms with Crippen molar-refractivity contribution in [2.75, 3.05) is 5.32 Å². The van der Waals surface area contributed by atoms with Gasteiger partial charge in [0.25, 0.3) is 0 Å². The van der Waals surface area contributed by atoms with Crippen LogP contribution < -0.4 is 5.32 Å². The first-order chi connectivity index (χ1) is 11.3. The molecule has 0 aliphatic rings. The van der Waals surface area contributed by atoms with E-state index in [1.807, 2.05) is 50.2 Å². The number of carboxylic acid groups (broad SMARTS) is 1. The molecular formula is C19H20INO3. The number of hydrogen-bond acceptors (Lipinski definition) is 2. The topological polar surface area (TPSA) is 66.4 Å². The second-order valence-corrected chi connectivity index (χ2v) is 7.13. The largest absolute Gasteiger partial charge is 0.481 e. The molecule has 0 saturated heterocycles. The maximum Gasteiger partial charge on any atom is 0.307 e. The van der Waals surface area contributed by atoms with E-state index in [2.05, 4.69) is 27.9 Å². The van der Waals surface area contributed by atoms with Gasteiger partial charge in [-0.15, -0.1) is 0 Å². The molecule has 1 amide bonds. The van der Waals surface area contributed by atoms with Crippen molar-refractivity contribution in [2.45, 2.75) is 26.7 Å². The molecule has 24 heavy (non-hydrogen) atoms. The van der Waals surface area contributed by atoms with Crippen LogP contribution >= 0.6 is 22.6 Å². The number of nitrogens with one attached hydrogen (secondary N) is 1. The van der Waals surface area contributed by atoms with Gasteiger partial charge in [-0.3, -0.25) is 9.59 Å². The number of rotatable bonds is 6. The number of benzene rings is 2. The summed E-state index contributed by atoms with van der Waals surface area (Å²) >= 11 is 2.14. The van der Waals surface area contributed by atoms with Gasteiger partial charge in [-0.05, 0) is 60.6 Å². The fourth-order valence-corrected chi connectivity index (χ4v) is 3.23. The molecule has 0 fully saturated rings. The second kappa shape index (κ2) is 8.28. The molecule has 0 unspecified atom stereocenters. The maximum absolute atomic E-state index is 12.2. The number of halogens is 1. The summed E-state index contributed by atoms with van der Waals surface area (Å²) in [7, 11) is 0. The van der Waals surface area contributed by atoms with E-state index in [-0.39, 0.29) is 12.3 Å². The Morgan fingerprint density at radius 2 is 1.75 bits per heavy atom. The van der Waals surface area contributed by atoms with Crippen LogP contribution in [0.25, 0.3) is 0 Å². The van der Waals surface area contributed by atoms with Crippen LogP contribution in [0.4, 0.5) is 5.69 Å². The third kappa shape index (κ3) is 5.33. The van der Waals surface area contributed by atoms with E-state index >= 15 is 0 Å². The molecule has 5 heteroatoms. The van der Waals surface area contributed by atoms with Crippen LogP contribution in [0, 0.1) is 23.3 Å². The summed E-state index contributed by atoms with van der Waals surface area (Å²) in [6.07, 6.45) is 0.296. The fourth-order valence-electron chi connectivity index (χ4n) is 2.71. The molecule has 1 atom stereocenters. The van der Waals surface area contributed by atoms with Crippen molar-refractivity contribution in [3.63, 3.8) is 0 Å². The van der Waals surface area contributed by atoms with Crippen molar-refractivity contribution in [3.8, 4) is 0 Å². The zero-order valence-corrected chi connectivity index (χ0v) is 15.8. The molecule has 2 rings (SSSR count). The number of carbonyl (C=O) groups is 2. The van der Waals surface area contributed by atoms with Gasteiger partial charge in [0, 0.05) is 9.99 Å². The highest BCUT2D eigenvalue weighted by atomic mass is 127. The molecule has 2 aromatic rings. The first-order valence-electron chi connectivity index (χ1n) is 7.69. The van der Waals surface area contributed by atoms with E-state index in [4.69, 9.17) is 0 Å². The number of aliphatic carboxylic acids is 1. The van der Waals surface area contributed by atoms with Crippen LogP contribution in [0.5, 0.6) is 0 Å². The summed E-state index contributed by atoms with van der Waals surface area (Å²) in [4.78, 5) is 23.8.